The number of primary amides is 1. The Morgan fingerprint density at radius 2 is 1.75 bits per heavy atom. The zero-order valence-corrected chi connectivity index (χ0v) is 13.0. The number of nitrogens with two attached hydrogens (primary N) is 1. The lowest BCUT2D eigenvalue weighted by molar-refractivity contribution is -0.274. The van der Waals surface area contributed by atoms with Crippen molar-refractivity contribution in [3.8, 4) is 5.75 Å². The van der Waals surface area contributed by atoms with Crippen LogP contribution in [0.2, 0.25) is 0 Å². The number of hydrogen-bond donors (Lipinski definition) is 1. The molecule has 5 nitrogen and oxygen atoms in total. The van der Waals surface area contributed by atoms with Crippen molar-refractivity contribution in [2.45, 2.75) is 32.0 Å². The molecule has 2 N–H and O–H groups in total. The molecule has 0 aromatic heterocycles. The van der Waals surface area contributed by atoms with Gasteiger partial charge in [-0.3, -0.25) is 9.59 Å². The highest BCUT2D eigenvalue weighted by molar-refractivity contribution is 5.79. The Hall–Kier alpha value is -2.25. The van der Waals surface area contributed by atoms with Gasteiger partial charge >= 0.3 is 6.36 Å². The van der Waals surface area contributed by atoms with E-state index in [-0.39, 0.29) is 29.9 Å². The van der Waals surface area contributed by atoms with E-state index in [9.17, 15) is 22.8 Å². The molecule has 1 aliphatic heterocycles. The summed E-state index contributed by atoms with van der Waals surface area (Å²) in [6.45, 7) is 1.01. The molecule has 0 bridgehead atoms. The maximum Gasteiger partial charge on any atom is 0.573 e. The number of halogens is 3. The fraction of sp³-hybridized carbons (Fsp3) is 0.500. The molecule has 1 aliphatic rings. The molecule has 0 aliphatic carbocycles. The van der Waals surface area contributed by atoms with Gasteiger partial charge in [0.15, 0.2) is 0 Å². The molecule has 0 saturated carbocycles. The molecule has 0 unspecified atom stereocenters. The molecule has 132 valence electrons. The summed E-state index contributed by atoms with van der Waals surface area (Å²) in [6, 6.07) is 5.47. The van der Waals surface area contributed by atoms with Crippen LogP contribution in [-0.2, 0) is 16.0 Å². The number of benzene rings is 1. The number of aryl methyl sites for hydroxylation is 1. The van der Waals surface area contributed by atoms with Crippen LogP contribution in [-0.4, -0.2) is 36.2 Å². The Labute approximate surface area is 137 Å². The van der Waals surface area contributed by atoms with Crippen LogP contribution in [0.5, 0.6) is 5.75 Å². The number of carbonyl (C=O) groups is 2. The standard InChI is InChI=1S/C16H19F3N2O3/c17-16(18,19)24-13-4-1-11(2-5-13)3-6-14(22)21-9-7-12(8-10-21)15(20)23/h1-2,4-5,12H,3,6-10H2,(H2,20,23). The number of piperidine rings is 1. The summed E-state index contributed by atoms with van der Waals surface area (Å²) in [5.74, 6) is -0.821. The normalized spacial score (nSPS) is 16.0. The van der Waals surface area contributed by atoms with Crippen LogP contribution in [0.3, 0.4) is 0 Å². The van der Waals surface area contributed by atoms with Crippen LogP contribution < -0.4 is 10.5 Å². The topological polar surface area (TPSA) is 72.6 Å². The number of likely N-dealkylation sites (tertiary alicyclic amines) is 1. The van der Waals surface area contributed by atoms with E-state index in [2.05, 4.69) is 4.74 Å². The minimum Gasteiger partial charge on any atom is -0.406 e. The smallest absolute Gasteiger partial charge is 0.406 e. The lowest BCUT2D eigenvalue weighted by Gasteiger charge is -2.30. The molecule has 0 atom stereocenters. The van der Waals surface area contributed by atoms with E-state index in [0.29, 0.717) is 32.4 Å². The van der Waals surface area contributed by atoms with Crippen molar-refractivity contribution in [3.63, 3.8) is 0 Å². The number of rotatable bonds is 5. The minimum absolute atomic E-state index is 0.0338. The van der Waals surface area contributed by atoms with Crippen molar-refractivity contribution in [2.24, 2.45) is 11.7 Å². The molecular formula is C16H19F3N2O3. The first-order valence-corrected chi connectivity index (χ1v) is 7.66. The van der Waals surface area contributed by atoms with Crippen LogP contribution in [0, 0.1) is 5.92 Å². The Morgan fingerprint density at radius 3 is 2.25 bits per heavy atom. The van der Waals surface area contributed by atoms with Gasteiger partial charge in [-0.05, 0) is 37.0 Å². The van der Waals surface area contributed by atoms with E-state index in [4.69, 9.17) is 5.73 Å². The van der Waals surface area contributed by atoms with Crippen molar-refractivity contribution in [1.29, 1.82) is 0 Å². The highest BCUT2D eigenvalue weighted by Gasteiger charge is 2.31. The van der Waals surface area contributed by atoms with E-state index < -0.39 is 6.36 Å². The zero-order valence-electron chi connectivity index (χ0n) is 13.0. The van der Waals surface area contributed by atoms with Crippen molar-refractivity contribution < 1.29 is 27.5 Å². The van der Waals surface area contributed by atoms with E-state index in [0.717, 1.165) is 5.56 Å². The molecule has 1 aromatic carbocycles. The van der Waals surface area contributed by atoms with E-state index >= 15 is 0 Å². The number of amides is 2. The molecule has 1 heterocycles. The molecule has 24 heavy (non-hydrogen) atoms. The molecule has 8 heteroatoms. The first-order chi connectivity index (χ1) is 11.2. The third-order valence-corrected chi connectivity index (χ3v) is 4.03. The van der Waals surface area contributed by atoms with Crippen molar-refractivity contribution in [1.82, 2.24) is 4.90 Å². The second kappa shape index (κ2) is 7.55. The van der Waals surface area contributed by atoms with Gasteiger partial charge in [0, 0.05) is 25.4 Å². The van der Waals surface area contributed by atoms with Gasteiger partial charge < -0.3 is 15.4 Å². The van der Waals surface area contributed by atoms with Gasteiger partial charge in [0.05, 0.1) is 0 Å². The molecule has 2 rings (SSSR count). The highest BCUT2D eigenvalue weighted by Crippen LogP contribution is 2.23. The Morgan fingerprint density at radius 1 is 1.17 bits per heavy atom. The molecule has 1 fully saturated rings. The average molecular weight is 344 g/mol. The van der Waals surface area contributed by atoms with Gasteiger partial charge in [-0.2, -0.15) is 0 Å². The third-order valence-electron chi connectivity index (χ3n) is 4.03. The van der Waals surface area contributed by atoms with E-state index in [1.807, 2.05) is 0 Å². The second-order valence-corrected chi connectivity index (χ2v) is 5.75. The summed E-state index contributed by atoms with van der Waals surface area (Å²) in [6.07, 6.45) is -2.87. The largest absolute Gasteiger partial charge is 0.573 e. The van der Waals surface area contributed by atoms with Crippen molar-refractivity contribution in [3.05, 3.63) is 29.8 Å². The first-order valence-electron chi connectivity index (χ1n) is 7.66. The van der Waals surface area contributed by atoms with Gasteiger partial charge in [0.25, 0.3) is 0 Å². The van der Waals surface area contributed by atoms with Gasteiger partial charge in [0.1, 0.15) is 5.75 Å². The zero-order chi connectivity index (χ0) is 17.7. The van der Waals surface area contributed by atoms with Crippen LogP contribution in [0.15, 0.2) is 24.3 Å². The first kappa shape index (κ1) is 18.1. The Bertz CT molecular complexity index is 579. The van der Waals surface area contributed by atoms with E-state index in [1.165, 1.54) is 24.3 Å². The number of nitrogens with zero attached hydrogens (tertiary/aromatic N) is 1. The van der Waals surface area contributed by atoms with Crippen LogP contribution in [0.25, 0.3) is 0 Å². The predicted octanol–water partition coefficient (Wildman–Crippen LogP) is 2.24. The van der Waals surface area contributed by atoms with Crippen molar-refractivity contribution in [2.75, 3.05) is 13.1 Å². The predicted molar refractivity (Wildman–Crippen MR) is 79.9 cm³/mol. The number of alkyl halides is 3. The maximum absolute atomic E-state index is 12.1. The third kappa shape index (κ3) is 5.43. The van der Waals surface area contributed by atoms with Gasteiger partial charge in [0.2, 0.25) is 11.8 Å². The quantitative estimate of drug-likeness (QED) is 0.890. The second-order valence-electron chi connectivity index (χ2n) is 5.75. The minimum atomic E-state index is -4.71. The summed E-state index contributed by atoms with van der Waals surface area (Å²) in [5.41, 5.74) is 6.01. The summed E-state index contributed by atoms with van der Waals surface area (Å²) < 4.78 is 40.0. The summed E-state index contributed by atoms with van der Waals surface area (Å²) in [5, 5.41) is 0. The van der Waals surface area contributed by atoms with Crippen LogP contribution in [0.4, 0.5) is 13.2 Å². The highest BCUT2D eigenvalue weighted by atomic mass is 19.4. The van der Waals surface area contributed by atoms with Gasteiger partial charge in [-0.1, -0.05) is 12.1 Å². The Kier molecular flexibility index (Phi) is 5.69. The van der Waals surface area contributed by atoms with Crippen LogP contribution in [0.1, 0.15) is 24.8 Å². The molecule has 0 radical (unpaired) electrons. The number of hydrogen-bond acceptors (Lipinski definition) is 3. The lowest BCUT2D eigenvalue weighted by Crippen LogP contribution is -2.41. The molecule has 1 aromatic rings. The number of carbonyl (C=O) groups excluding carboxylic acids is 2. The SMILES string of the molecule is NC(=O)C1CCN(C(=O)CCc2ccc(OC(F)(F)F)cc2)CC1. The lowest BCUT2D eigenvalue weighted by atomic mass is 9.96. The average Bonchev–Trinajstić information content (AvgIpc) is 2.52. The maximum atomic E-state index is 12.1. The fourth-order valence-electron chi connectivity index (χ4n) is 2.68. The van der Waals surface area contributed by atoms with Gasteiger partial charge in [-0.15, -0.1) is 13.2 Å². The molecule has 0 spiro atoms. The monoisotopic (exact) mass is 344 g/mol. The number of ether oxygens (including phenoxy) is 1. The molecular weight excluding hydrogens is 325 g/mol. The summed E-state index contributed by atoms with van der Waals surface area (Å²) in [4.78, 5) is 24.9. The molecule has 1 saturated heterocycles. The van der Waals surface area contributed by atoms with Crippen molar-refractivity contribution >= 4 is 11.8 Å². The van der Waals surface area contributed by atoms with Gasteiger partial charge in [-0.25, -0.2) is 0 Å². The Balaban J connectivity index is 1.79. The van der Waals surface area contributed by atoms with E-state index in [1.54, 1.807) is 4.90 Å². The summed E-state index contributed by atoms with van der Waals surface area (Å²) in [7, 11) is 0. The summed E-state index contributed by atoms with van der Waals surface area (Å²) >= 11 is 0. The molecule has 2 amide bonds. The fourth-order valence-corrected chi connectivity index (χ4v) is 2.68. The van der Waals surface area contributed by atoms with Crippen LogP contribution >= 0.6 is 0 Å².